The van der Waals surface area contributed by atoms with Crippen LogP contribution in [0, 0.1) is 10.1 Å². The van der Waals surface area contributed by atoms with Crippen LogP contribution >= 0.6 is 0 Å². The van der Waals surface area contributed by atoms with E-state index in [-0.39, 0.29) is 16.6 Å². The molecule has 0 bridgehead atoms. The number of fused-ring (bicyclic) bond motifs is 1. The van der Waals surface area contributed by atoms with E-state index in [1.807, 2.05) is 18.2 Å². The minimum absolute atomic E-state index is 0.0964. The Morgan fingerprint density at radius 1 is 1.07 bits per heavy atom. The number of nitrogen functional groups attached to an aromatic ring is 1. The second-order valence-electron chi connectivity index (χ2n) is 6.07. The summed E-state index contributed by atoms with van der Waals surface area (Å²) in [5.74, 6) is -0.329. The number of pyridine rings is 1. The fraction of sp³-hybridized carbons (Fsp3) is 0. The number of para-hydroxylation sites is 1. The maximum Gasteiger partial charge on any atom is 0.336 e. The molecule has 4 aromatic rings. The van der Waals surface area contributed by atoms with E-state index in [0.717, 1.165) is 0 Å². The van der Waals surface area contributed by atoms with Crippen LogP contribution in [0.4, 0.5) is 11.4 Å². The highest BCUT2D eigenvalue weighted by Gasteiger charge is 2.18. The van der Waals surface area contributed by atoms with E-state index in [4.69, 9.17) is 10.2 Å². The molecule has 0 saturated carbocycles. The van der Waals surface area contributed by atoms with Crippen LogP contribution in [0.5, 0.6) is 0 Å². The second-order valence-corrected chi connectivity index (χ2v) is 6.07. The van der Waals surface area contributed by atoms with Gasteiger partial charge in [-0.15, -0.1) is 0 Å². The number of hydrogen-bond donors (Lipinski definition) is 2. The molecular formula is C20H13N3O5. The van der Waals surface area contributed by atoms with Crippen molar-refractivity contribution in [3.63, 3.8) is 0 Å². The molecule has 0 saturated heterocycles. The molecule has 28 heavy (non-hydrogen) atoms. The van der Waals surface area contributed by atoms with Crippen molar-refractivity contribution in [1.29, 1.82) is 0 Å². The molecule has 3 N–H and O–H groups in total. The number of furan rings is 1. The Labute approximate surface area is 158 Å². The van der Waals surface area contributed by atoms with Crippen LogP contribution in [-0.2, 0) is 0 Å². The molecule has 0 amide bonds. The van der Waals surface area contributed by atoms with Crippen molar-refractivity contribution in [2.24, 2.45) is 0 Å². The predicted octanol–water partition coefficient (Wildman–Crippen LogP) is 4.35. The number of carbonyl (C=O) groups is 1. The molecule has 2 heterocycles. The quantitative estimate of drug-likeness (QED) is 0.308. The number of rotatable bonds is 4. The SMILES string of the molecule is Nc1ccccc1-c1ccc(-c2cc(C(=O)O)c3cc([N+](=O)[O-])ccc3n2)o1. The van der Waals surface area contributed by atoms with Gasteiger partial charge in [-0.1, -0.05) is 12.1 Å². The Kier molecular flexibility index (Phi) is 4.00. The Morgan fingerprint density at radius 3 is 2.54 bits per heavy atom. The van der Waals surface area contributed by atoms with Gasteiger partial charge in [0.2, 0.25) is 0 Å². The average Bonchev–Trinajstić information content (AvgIpc) is 3.16. The Morgan fingerprint density at radius 2 is 1.82 bits per heavy atom. The molecule has 2 aromatic carbocycles. The molecule has 8 heteroatoms. The van der Waals surface area contributed by atoms with Gasteiger partial charge in [0.1, 0.15) is 11.5 Å². The third-order valence-electron chi connectivity index (χ3n) is 4.32. The molecule has 4 rings (SSSR count). The Hall–Kier alpha value is -4.20. The number of nitrogens with zero attached hydrogens (tertiary/aromatic N) is 2. The summed E-state index contributed by atoms with van der Waals surface area (Å²) >= 11 is 0. The van der Waals surface area contributed by atoms with E-state index in [0.29, 0.717) is 34.0 Å². The zero-order valence-electron chi connectivity index (χ0n) is 14.3. The number of aromatic carboxylic acids is 1. The highest BCUT2D eigenvalue weighted by molar-refractivity contribution is 6.04. The molecule has 0 unspecified atom stereocenters. The van der Waals surface area contributed by atoms with Gasteiger partial charge in [-0.25, -0.2) is 9.78 Å². The van der Waals surface area contributed by atoms with E-state index in [1.165, 1.54) is 24.3 Å². The van der Waals surface area contributed by atoms with Crippen molar-refractivity contribution in [2.75, 3.05) is 5.73 Å². The molecule has 8 nitrogen and oxygen atoms in total. The highest BCUT2D eigenvalue weighted by Crippen LogP contribution is 2.33. The van der Waals surface area contributed by atoms with Crippen LogP contribution in [0.15, 0.2) is 65.1 Å². The maximum atomic E-state index is 11.7. The van der Waals surface area contributed by atoms with Gasteiger partial charge in [-0.3, -0.25) is 10.1 Å². The lowest BCUT2D eigenvalue weighted by Gasteiger charge is -2.06. The summed E-state index contributed by atoms with van der Waals surface area (Å²) in [4.78, 5) is 26.5. The van der Waals surface area contributed by atoms with E-state index < -0.39 is 10.9 Å². The summed E-state index contributed by atoms with van der Waals surface area (Å²) in [6, 6.07) is 15.8. The summed E-state index contributed by atoms with van der Waals surface area (Å²) in [6.45, 7) is 0. The van der Waals surface area contributed by atoms with Crippen molar-refractivity contribution in [3.8, 4) is 22.8 Å². The van der Waals surface area contributed by atoms with Crippen LogP contribution in [-0.4, -0.2) is 21.0 Å². The van der Waals surface area contributed by atoms with Gasteiger partial charge >= 0.3 is 5.97 Å². The molecule has 138 valence electrons. The van der Waals surface area contributed by atoms with E-state index in [2.05, 4.69) is 4.98 Å². The Bertz CT molecular complexity index is 1250. The van der Waals surface area contributed by atoms with Crippen LogP contribution in [0.1, 0.15) is 10.4 Å². The largest absolute Gasteiger partial charge is 0.478 e. The van der Waals surface area contributed by atoms with Crippen molar-refractivity contribution in [3.05, 3.63) is 76.3 Å². The van der Waals surface area contributed by atoms with E-state index in [9.17, 15) is 20.0 Å². The van der Waals surface area contributed by atoms with Gasteiger partial charge in [0.05, 0.1) is 16.0 Å². The van der Waals surface area contributed by atoms with Crippen molar-refractivity contribution in [2.45, 2.75) is 0 Å². The third-order valence-corrected chi connectivity index (χ3v) is 4.32. The summed E-state index contributed by atoms with van der Waals surface area (Å²) in [5.41, 5.74) is 7.55. The number of carboxylic acids is 1. The van der Waals surface area contributed by atoms with Crippen LogP contribution in [0.3, 0.4) is 0 Å². The maximum absolute atomic E-state index is 11.7. The summed E-state index contributed by atoms with van der Waals surface area (Å²) in [7, 11) is 0. The molecule has 0 aliphatic carbocycles. The number of nitro benzene ring substituents is 1. The number of anilines is 1. The summed E-state index contributed by atoms with van der Waals surface area (Å²) in [5, 5.41) is 20.7. The summed E-state index contributed by atoms with van der Waals surface area (Å²) < 4.78 is 5.84. The average molecular weight is 375 g/mol. The number of nitrogens with two attached hydrogens (primary N) is 1. The first-order valence-corrected chi connectivity index (χ1v) is 8.21. The molecule has 0 atom stereocenters. The van der Waals surface area contributed by atoms with Crippen molar-refractivity contribution in [1.82, 2.24) is 4.98 Å². The van der Waals surface area contributed by atoms with E-state index >= 15 is 0 Å². The van der Waals surface area contributed by atoms with Gasteiger partial charge in [0.25, 0.3) is 5.69 Å². The lowest BCUT2D eigenvalue weighted by Crippen LogP contribution is -2.01. The zero-order valence-corrected chi connectivity index (χ0v) is 14.3. The molecule has 2 aromatic heterocycles. The molecular weight excluding hydrogens is 362 g/mol. The second kappa shape index (κ2) is 6.51. The third kappa shape index (κ3) is 2.92. The normalized spacial score (nSPS) is 10.9. The smallest absolute Gasteiger partial charge is 0.336 e. The minimum atomic E-state index is -1.21. The van der Waals surface area contributed by atoms with Crippen LogP contribution in [0.2, 0.25) is 0 Å². The minimum Gasteiger partial charge on any atom is -0.478 e. The molecule has 0 fully saturated rings. The number of aromatic nitrogens is 1. The monoisotopic (exact) mass is 375 g/mol. The molecule has 0 spiro atoms. The number of benzene rings is 2. The first-order chi connectivity index (χ1) is 13.4. The standard InChI is InChI=1S/C20H13N3O5/c21-15-4-2-1-3-12(15)18-7-8-19(28-18)17-10-14(20(24)25)13-9-11(23(26)27)5-6-16(13)22-17/h1-10H,21H2,(H,24,25). The first-order valence-electron chi connectivity index (χ1n) is 8.21. The van der Waals surface area contributed by atoms with Gasteiger partial charge in [-0.2, -0.15) is 0 Å². The number of non-ortho nitro benzene ring substituents is 1. The van der Waals surface area contributed by atoms with E-state index in [1.54, 1.807) is 18.2 Å². The lowest BCUT2D eigenvalue weighted by molar-refractivity contribution is -0.384. The Balaban J connectivity index is 1.86. The first kappa shape index (κ1) is 17.2. The van der Waals surface area contributed by atoms with Gasteiger partial charge < -0.3 is 15.3 Å². The molecule has 0 aliphatic heterocycles. The molecule has 0 radical (unpaired) electrons. The number of hydrogen-bond acceptors (Lipinski definition) is 6. The summed E-state index contributed by atoms with van der Waals surface area (Å²) in [6.07, 6.45) is 0. The van der Waals surface area contributed by atoms with Crippen molar-refractivity contribution >= 4 is 28.2 Å². The number of nitro groups is 1. The van der Waals surface area contributed by atoms with Gasteiger partial charge in [0.15, 0.2) is 5.76 Å². The van der Waals surface area contributed by atoms with Crippen LogP contribution < -0.4 is 5.73 Å². The van der Waals surface area contributed by atoms with Crippen molar-refractivity contribution < 1.29 is 19.2 Å². The van der Waals surface area contributed by atoms with Crippen LogP contribution in [0.25, 0.3) is 33.7 Å². The fourth-order valence-corrected chi connectivity index (χ4v) is 2.97. The fourth-order valence-electron chi connectivity index (χ4n) is 2.97. The van der Waals surface area contributed by atoms with Gasteiger partial charge in [0, 0.05) is 28.8 Å². The number of carboxylic acid groups (broad SMARTS) is 1. The predicted molar refractivity (Wildman–Crippen MR) is 103 cm³/mol. The molecule has 0 aliphatic rings. The topological polar surface area (TPSA) is 132 Å². The lowest BCUT2D eigenvalue weighted by atomic mass is 10.1. The zero-order chi connectivity index (χ0) is 19.8. The highest BCUT2D eigenvalue weighted by atomic mass is 16.6. The van der Waals surface area contributed by atoms with Gasteiger partial charge in [-0.05, 0) is 36.4 Å².